The summed E-state index contributed by atoms with van der Waals surface area (Å²) in [4.78, 5) is 37.1. The van der Waals surface area contributed by atoms with E-state index in [9.17, 15) is 18.6 Å². The molecular weight excluding hydrogens is 296 g/mol. The summed E-state index contributed by atoms with van der Waals surface area (Å²) in [6, 6.07) is 4.39. The lowest BCUT2D eigenvalue weighted by Crippen LogP contribution is -2.37. The molecule has 0 saturated carbocycles. The lowest BCUT2D eigenvalue weighted by Gasteiger charge is -2.10. The van der Waals surface area contributed by atoms with Gasteiger partial charge in [0.15, 0.2) is 0 Å². The van der Waals surface area contributed by atoms with Crippen molar-refractivity contribution in [2.45, 2.75) is 13.5 Å². The summed E-state index contributed by atoms with van der Waals surface area (Å²) in [6.07, 6.45) is 0. The first-order valence-electron chi connectivity index (χ1n) is 6.29. The van der Waals surface area contributed by atoms with Crippen LogP contribution in [0.4, 0.5) is 0 Å². The minimum Gasteiger partial charge on any atom is -0.478 e. The molecule has 7 nitrogen and oxygen atoms in total. The van der Waals surface area contributed by atoms with E-state index in [2.05, 4.69) is 4.98 Å². The molecule has 1 heterocycles. The summed E-state index contributed by atoms with van der Waals surface area (Å²) >= 11 is 0. The molecule has 0 fully saturated rings. The van der Waals surface area contributed by atoms with E-state index in [1.807, 2.05) is 0 Å². The molecule has 0 amide bonds. The first kappa shape index (κ1) is 15.2. The molecule has 0 aliphatic carbocycles. The van der Waals surface area contributed by atoms with Crippen LogP contribution in [0, 0.1) is 0 Å². The van der Waals surface area contributed by atoms with Crippen molar-refractivity contribution in [3.63, 3.8) is 0 Å². The Bertz CT molecular complexity index is 837. The van der Waals surface area contributed by atoms with Crippen molar-refractivity contribution in [3.8, 4) is 0 Å². The van der Waals surface area contributed by atoms with Crippen LogP contribution < -0.4 is 11.1 Å². The van der Waals surface area contributed by atoms with Gasteiger partial charge >= 0.3 is 17.1 Å². The number of fused-ring (bicyclic) bond motifs is 1. The van der Waals surface area contributed by atoms with Crippen LogP contribution >= 0.6 is 0 Å². The molecule has 1 aromatic heterocycles. The lowest BCUT2D eigenvalue weighted by atomic mass is 10.1. The molecule has 112 valence electrons. The number of nitrogens with one attached hydrogen (secondary N) is 1. The number of aromatic nitrogens is 2. The fraction of sp³-hybridized carbons (Fsp3) is 0.308. The van der Waals surface area contributed by atoms with E-state index < -0.39 is 27.9 Å². The Morgan fingerprint density at radius 2 is 2.10 bits per heavy atom. The van der Waals surface area contributed by atoms with Gasteiger partial charge in [-0.3, -0.25) is 13.8 Å². The molecule has 2 rings (SSSR count). The number of aromatic amines is 1. The maximum absolute atomic E-state index is 11.9. The van der Waals surface area contributed by atoms with Gasteiger partial charge in [0.25, 0.3) is 0 Å². The van der Waals surface area contributed by atoms with E-state index in [-0.39, 0.29) is 23.4 Å². The number of hydrogen-bond acceptors (Lipinski definition) is 4. The molecule has 2 aromatic rings. The van der Waals surface area contributed by atoms with Gasteiger partial charge in [0.1, 0.15) is 0 Å². The van der Waals surface area contributed by atoms with Crippen molar-refractivity contribution in [2.75, 3.05) is 11.5 Å². The highest BCUT2D eigenvalue weighted by atomic mass is 32.2. The molecule has 0 aliphatic rings. The summed E-state index contributed by atoms with van der Waals surface area (Å²) in [5.41, 5.74) is -1.35. The van der Waals surface area contributed by atoms with Crippen LogP contribution in [-0.2, 0) is 17.3 Å². The Hall–Kier alpha value is -2.22. The van der Waals surface area contributed by atoms with Gasteiger partial charge in [0.2, 0.25) is 0 Å². The molecule has 21 heavy (non-hydrogen) atoms. The van der Waals surface area contributed by atoms with Gasteiger partial charge in [-0.15, -0.1) is 0 Å². The normalized spacial score (nSPS) is 12.4. The number of carboxylic acid groups (broad SMARTS) is 1. The molecule has 0 bridgehead atoms. The van der Waals surface area contributed by atoms with Gasteiger partial charge < -0.3 is 14.7 Å². The van der Waals surface area contributed by atoms with Crippen molar-refractivity contribution in [1.29, 1.82) is 0 Å². The number of H-pyrrole nitrogens is 1. The minimum absolute atomic E-state index is 0.0880. The number of para-hydroxylation sites is 1. The average Bonchev–Trinajstić information content (AvgIpc) is 2.46. The Morgan fingerprint density at radius 1 is 1.38 bits per heavy atom. The first-order chi connectivity index (χ1) is 9.95. The van der Waals surface area contributed by atoms with Gasteiger partial charge in [-0.25, -0.2) is 4.79 Å². The van der Waals surface area contributed by atoms with Crippen molar-refractivity contribution in [2.24, 2.45) is 0 Å². The predicted molar refractivity (Wildman–Crippen MR) is 79.3 cm³/mol. The number of benzene rings is 1. The topological polar surface area (TPSA) is 109 Å². The number of aromatic carboxylic acids is 1. The van der Waals surface area contributed by atoms with E-state index in [0.717, 1.165) is 0 Å². The Balaban J connectivity index is 2.68. The van der Waals surface area contributed by atoms with Gasteiger partial charge in [-0.05, 0) is 12.1 Å². The molecule has 1 aromatic carbocycles. The van der Waals surface area contributed by atoms with Crippen LogP contribution in [0.25, 0.3) is 11.0 Å². The molecule has 1 atom stereocenters. The average molecular weight is 310 g/mol. The highest BCUT2D eigenvalue weighted by molar-refractivity contribution is 7.84. The number of aryl methyl sites for hydroxylation is 1. The third-order valence-electron chi connectivity index (χ3n) is 3.11. The third-order valence-corrected chi connectivity index (χ3v) is 4.39. The fourth-order valence-corrected chi connectivity index (χ4v) is 2.71. The number of carbonyl (C=O) groups is 1. The highest BCUT2D eigenvalue weighted by Gasteiger charge is 2.14. The SMILES string of the molecule is CCS(=O)CCn1c(=O)c(=O)[nH]c2c(C(=O)O)cccc21. The second-order valence-corrected chi connectivity index (χ2v) is 6.21. The molecule has 0 saturated heterocycles. The highest BCUT2D eigenvalue weighted by Crippen LogP contribution is 2.14. The zero-order valence-corrected chi connectivity index (χ0v) is 12.1. The second kappa shape index (κ2) is 6.04. The predicted octanol–water partition coefficient (Wildman–Crippen LogP) is 0.157. The summed E-state index contributed by atoms with van der Waals surface area (Å²) in [6.45, 7) is 1.86. The standard InChI is InChI=1S/C13H14N2O5S/c1-2-21(20)7-6-15-9-5-3-4-8(13(18)19)10(9)14-11(16)12(15)17/h3-5H,2,6-7H2,1H3,(H,14,16)(H,18,19). The quantitative estimate of drug-likeness (QED) is 0.764. The molecule has 0 aliphatic heterocycles. The molecule has 1 unspecified atom stereocenters. The largest absolute Gasteiger partial charge is 0.478 e. The van der Waals surface area contributed by atoms with E-state index >= 15 is 0 Å². The van der Waals surface area contributed by atoms with E-state index in [1.165, 1.54) is 16.7 Å². The monoisotopic (exact) mass is 310 g/mol. The van der Waals surface area contributed by atoms with E-state index in [4.69, 9.17) is 5.11 Å². The van der Waals surface area contributed by atoms with Crippen LogP contribution in [0.2, 0.25) is 0 Å². The summed E-state index contributed by atoms with van der Waals surface area (Å²) in [7, 11) is -1.09. The van der Waals surface area contributed by atoms with E-state index in [0.29, 0.717) is 11.3 Å². The Morgan fingerprint density at radius 3 is 2.71 bits per heavy atom. The summed E-state index contributed by atoms with van der Waals surface area (Å²) < 4.78 is 12.7. The minimum atomic E-state index is -1.20. The molecule has 0 spiro atoms. The van der Waals surface area contributed by atoms with Crippen molar-refractivity contribution in [3.05, 3.63) is 44.5 Å². The van der Waals surface area contributed by atoms with Gasteiger partial charge in [0, 0.05) is 28.9 Å². The first-order valence-corrected chi connectivity index (χ1v) is 7.78. The van der Waals surface area contributed by atoms with Crippen LogP contribution in [0.15, 0.2) is 27.8 Å². The van der Waals surface area contributed by atoms with Gasteiger partial charge in [0.05, 0.1) is 16.6 Å². The molecule has 2 N–H and O–H groups in total. The number of hydrogen-bond donors (Lipinski definition) is 2. The van der Waals surface area contributed by atoms with Gasteiger partial charge in [-0.1, -0.05) is 13.0 Å². The Kier molecular flexibility index (Phi) is 4.37. The lowest BCUT2D eigenvalue weighted by molar-refractivity contribution is 0.0698. The maximum atomic E-state index is 11.9. The third kappa shape index (κ3) is 2.94. The van der Waals surface area contributed by atoms with Gasteiger partial charge in [-0.2, -0.15) is 0 Å². The fourth-order valence-electron chi connectivity index (χ4n) is 2.03. The zero-order chi connectivity index (χ0) is 15.6. The molecule has 8 heteroatoms. The van der Waals surface area contributed by atoms with Crippen LogP contribution in [0.5, 0.6) is 0 Å². The Labute approximate surface area is 121 Å². The molecular formula is C13H14N2O5S. The summed E-state index contributed by atoms with van der Waals surface area (Å²) in [5.74, 6) is -0.513. The maximum Gasteiger partial charge on any atom is 0.337 e. The second-order valence-electron chi connectivity index (χ2n) is 4.35. The number of nitrogens with zero attached hydrogens (tertiary/aromatic N) is 1. The van der Waals surface area contributed by atoms with Crippen LogP contribution in [0.1, 0.15) is 17.3 Å². The smallest absolute Gasteiger partial charge is 0.337 e. The van der Waals surface area contributed by atoms with Crippen molar-refractivity contribution >= 4 is 27.8 Å². The number of carboxylic acids is 1. The number of rotatable bonds is 5. The zero-order valence-electron chi connectivity index (χ0n) is 11.3. The summed E-state index contributed by atoms with van der Waals surface area (Å²) in [5, 5.41) is 9.13. The van der Waals surface area contributed by atoms with Crippen molar-refractivity contribution < 1.29 is 14.1 Å². The van der Waals surface area contributed by atoms with Crippen LogP contribution in [0.3, 0.4) is 0 Å². The van der Waals surface area contributed by atoms with Crippen LogP contribution in [-0.4, -0.2) is 36.3 Å². The van der Waals surface area contributed by atoms with E-state index in [1.54, 1.807) is 13.0 Å². The van der Waals surface area contributed by atoms with Crippen molar-refractivity contribution in [1.82, 2.24) is 9.55 Å². The molecule has 0 radical (unpaired) electrons.